The highest BCUT2D eigenvalue weighted by Gasteiger charge is 2.39. The van der Waals surface area contributed by atoms with Crippen LogP contribution in [0.15, 0.2) is 42.5 Å². The van der Waals surface area contributed by atoms with Crippen LogP contribution in [0.3, 0.4) is 0 Å². The van der Waals surface area contributed by atoms with Crippen molar-refractivity contribution in [3.63, 3.8) is 0 Å². The van der Waals surface area contributed by atoms with Gasteiger partial charge in [-0.15, -0.1) is 0 Å². The van der Waals surface area contributed by atoms with Gasteiger partial charge in [0.25, 0.3) is 0 Å². The van der Waals surface area contributed by atoms with Gasteiger partial charge in [0.2, 0.25) is 5.91 Å². The maximum Gasteiger partial charge on any atom is 0.241 e. The third-order valence-corrected chi connectivity index (χ3v) is 6.95. The first-order chi connectivity index (χ1) is 16.4. The molecule has 180 valence electrons. The number of carbonyl (C=O) groups excluding carboxylic acids is 1. The monoisotopic (exact) mass is 466 g/mol. The van der Waals surface area contributed by atoms with Gasteiger partial charge in [0.15, 0.2) is 0 Å². The second-order valence-electron chi connectivity index (χ2n) is 8.88. The molecule has 0 saturated heterocycles. The van der Waals surface area contributed by atoms with Gasteiger partial charge in [-0.25, -0.2) is 8.78 Å². The van der Waals surface area contributed by atoms with Crippen LogP contribution >= 0.6 is 0 Å². The van der Waals surface area contributed by atoms with Crippen LogP contribution in [-0.4, -0.2) is 34.2 Å². The van der Waals surface area contributed by atoms with Crippen LogP contribution in [0.25, 0.3) is 0 Å². The minimum absolute atomic E-state index is 0.0428. The fourth-order valence-corrected chi connectivity index (χ4v) is 5.25. The van der Waals surface area contributed by atoms with Crippen LogP contribution in [0.2, 0.25) is 0 Å². The van der Waals surface area contributed by atoms with Crippen molar-refractivity contribution in [3.8, 4) is 0 Å². The SMILES string of the molecule is CCn1nc(C)c2c1CCN([C@@H](C(=O)NC)c1ccccc1)[C@H]2CCc1ccc(F)c(C)c1F. The first-order valence-corrected chi connectivity index (χ1v) is 11.9. The number of fused-ring (bicyclic) bond motifs is 1. The molecule has 4 rings (SSSR count). The number of aromatic nitrogens is 2. The first-order valence-electron chi connectivity index (χ1n) is 11.9. The molecule has 0 spiro atoms. The van der Waals surface area contributed by atoms with E-state index in [9.17, 15) is 13.6 Å². The van der Waals surface area contributed by atoms with Gasteiger partial charge in [0.1, 0.15) is 17.7 Å². The summed E-state index contributed by atoms with van der Waals surface area (Å²) in [4.78, 5) is 15.4. The minimum atomic E-state index is -0.536. The summed E-state index contributed by atoms with van der Waals surface area (Å²) in [6.45, 7) is 6.99. The largest absolute Gasteiger partial charge is 0.358 e. The molecule has 1 aliphatic heterocycles. The van der Waals surface area contributed by atoms with Gasteiger partial charge in [-0.2, -0.15) is 5.10 Å². The lowest BCUT2D eigenvalue weighted by atomic mass is 9.88. The zero-order valence-corrected chi connectivity index (χ0v) is 20.2. The summed E-state index contributed by atoms with van der Waals surface area (Å²) in [5, 5.41) is 7.59. The van der Waals surface area contributed by atoms with Crippen molar-refractivity contribution >= 4 is 5.91 Å². The van der Waals surface area contributed by atoms with Crippen LogP contribution in [-0.2, 0) is 24.2 Å². The lowest BCUT2D eigenvalue weighted by Gasteiger charge is -2.41. The topological polar surface area (TPSA) is 50.2 Å². The summed E-state index contributed by atoms with van der Waals surface area (Å²) in [6, 6.07) is 12.0. The van der Waals surface area contributed by atoms with E-state index in [0.29, 0.717) is 24.9 Å². The molecule has 0 fully saturated rings. The number of amides is 1. The van der Waals surface area contributed by atoms with E-state index < -0.39 is 17.7 Å². The summed E-state index contributed by atoms with van der Waals surface area (Å²) >= 11 is 0. The molecule has 5 nitrogen and oxygen atoms in total. The smallest absolute Gasteiger partial charge is 0.241 e. The molecular formula is C27H32F2N4O. The van der Waals surface area contributed by atoms with Crippen molar-refractivity contribution in [1.29, 1.82) is 0 Å². The van der Waals surface area contributed by atoms with Gasteiger partial charge >= 0.3 is 0 Å². The van der Waals surface area contributed by atoms with Gasteiger partial charge in [0, 0.05) is 49.4 Å². The van der Waals surface area contributed by atoms with Gasteiger partial charge in [-0.05, 0) is 50.8 Å². The summed E-state index contributed by atoms with van der Waals surface area (Å²) in [5.41, 5.74) is 4.69. The number of rotatable bonds is 7. The summed E-state index contributed by atoms with van der Waals surface area (Å²) < 4.78 is 30.7. The van der Waals surface area contributed by atoms with E-state index in [0.717, 1.165) is 29.8 Å². The summed E-state index contributed by atoms with van der Waals surface area (Å²) in [7, 11) is 1.65. The van der Waals surface area contributed by atoms with Crippen molar-refractivity contribution < 1.29 is 13.6 Å². The Morgan fingerprint density at radius 3 is 2.59 bits per heavy atom. The molecule has 1 N–H and O–H groups in total. The normalized spacial score (nSPS) is 16.8. The van der Waals surface area contributed by atoms with Crippen molar-refractivity contribution in [2.45, 2.75) is 58.7 Å². The number of nitrogens with zero attached hydrogens (tertiary/aromatic N) is 3. The molecule has 0 unspecified atom stereocenters. The predicted octanol–water partition coefficient (Wildman–Crippen LogP) is 4.82. The minimum Gasteiger partial charge on any atom is -0.358 e. The second-order valence-corrected chi connectivity index (χ2v) is 8.88. The Morgan fingerprint density at radius 1 is 1.18 bits per heavy atom. The lowest BCUT2D eigenvalue weighted by Crippen LogP contribution is -2.45. The Bertz CT molecular complexity index is 1180. The Morgan fingerprint density at radius 2 is 1.91 bits per heavy atom. The summed E-state index contributed by atoms with van der Waals surface area (Å²) in [6.07, 6.45) is 1.80. The Hall–Kier alpha value is -3.06. The maximum atomic E-state index is 14.8. The van der Waals surface area contributed by atoms with Crippen LogP contribution in [0.5, 0.6) is 0 Å². The van der Waals surface area contributed by atoms with Gasteiger partial charge in [-0.1, -0.05) is 36.4 Å². The zero-order valence-electron chi connectivity index (χ0n) is 20.2. The molecule has 0 aliphatic carbocycles. The van der Waals surface area contributed by atoms with E-state index in [-0.39, 0.29) is 17.5 Å². The Labute approximate surface area is 199 Å². The number of likely N-dealkylation sites (N-methyl/N-ethyl adjacent to an activating group) is 1. The average Bonchev–Trinajstić information content (AvgIpc) is 3.19. The lowest BCUT2D eigenvalue weighted by molar-refractivity contribution is -0.127. The Kier molecular flexibility index (Phi) is 7.12. The molecule has 1 aromatic heterocycles. The molecule has 7 heteroatoms. The number of halogens is 2. The zero-order chi connectivity index (χ0) is 24.4. The van der Waals surface area contributed by atoms with E-state index in [1.54, 1.807) is 7.05 Å². The third kappa shape index (κ3) is 4.37. The second kappa shape index (κ2) is 10.1. The fourth-order valence-electron chi connectivity index (χ4n) is 5.25. The molecule has 1 aliphatic rings. The number of hydrogen-bond acceptors (Lipinski definition) is 3. The third-order valence-electron chi connectivity index (χ3n) is 6.95. The van der Waals surface area contributed by atoms with E-state index in [2.05, 4.69) is 17.1 Å². The van der Waals surface area contributed by atoms with Crippen LogP contribution < -0.4 is 5.32 Å². The average molecular weight is 467 g/mol. The number of nitrogens with one attached hydrogen (secondary N) is 1. The fraction of sp³-hybridized carbons (Fsp3) is 0.407. The van der Waals surface area contributed by atoms with Gasteiger partial charge < -0.3 is 5.32 Å². The molecule has 3 aromatic rings. The van der Waals surface area contributed by atoms with E-state index in [1.807, 2.05) is 41.9 Å². The van der Waals surface area contributed by atoms with Crippen LogP contribution in [0, 0.1) is 25.5 Å². The molecule has 2 aromatic carbocycles. The molecule has 0 bridgehead atoms. The maximum absolute atomic E-state index is 14.8. The number of hydrogen-bond donors (Lipinski definition) is 1. The van der Waals surface area contributed by atoms with Crippen LogP contribution in [0.1, 0.15) is 59.1 Å². The van der Waals surface area contributed by atoms with Crippen molar-refractivity contribution in [1.82, 2.24) is 20.0 Å². The molecule has 2 heterocycles. The first kappa shape index (κ1) is 24.1. The Balaban J connectivity index is 1.76. The molecular weight excluding hydrogens is 434 g/mol. The molecule has 2 atom stereocenters. The standard InChI is InChI=1S/C27H32F2N4O/c1-5-33-23-15-16-32(26(27(34)30-4)20-9-7-6-8-10-20)22(24(23)18(3)31-33)14-12-19-11-13-21(28)17(2)25(19)29/h6-11,13,22,26H,5,12,14-16H2,1-4H3,(H,30,34)/t22-,26+/m0/s1. The number of benzene rings is 2. The quantitative estimate of drug-likeness (QED) is 0.543. The molecule has 0 radical (unpaired) electrons. The highest BCUT2D eigenvalue weighted by atomic mass is 19.1. The van der Waals surface area contributed by atoms with Crippen LogP contribution in [0.4, 0.5) is 8.78 Å². The highest BCUT2D eigenvalue weighted by molar-refractivity contribution is 5.83. The predicted molar refractivity (Wildman–Crippen MR) is 128 cm³/mol. The van der Waals surface area contributed by atoms with Gasteiger partial charge in [0.05, 0.1) is 5.69 Å². The highest BCUT2D eigenvalue weighted by Crippen LogP contribution is 2.41. The van der Waals surface area contributed by atoms with Crippen molar-refractivity contribution in [2.24, 2.45) is 0 Å². The number of aryl methyl sites for hydroxylation is 3. The molecule has 34 heavy (non-hydrogen) atoms. The number of carbonyl (C=O) groups is 1. The molecule has 1 amide bonds. The van der Waals surface area contributed by atoms with E-state index in [1.165, 1.54) is 24.8 Å². The molecule has 0 saturated carbocycles. The van der Waals surface area contributed by atoms with E-state index >= 15 is 0 Å². The van der Waals surface area contributed by atoms with Crippen molar-refractivity contribution in [2.75, 3.05) is 13.6 Å². The van der Waals surface area contributed by atoms with Gasteiger partial charge in [-0.3, -0.25) is 14.4 Å². The summed E-state index contributed by atoms with van der Waals surface area (Å²) in [5.74, 6) is -1.11. The van der Waals surface area contributed by atoms with Crippen molar-refractivity contribution in [3.05, 3.63) is 87.7 Å². The van der Waals surface area contributed by atoms with E-state index in [4.69, 9.17) is 5.10 Å².